The quantitative estimate of drug-likeness (QED) is 0.593. The lowest BCUT2D eigenvalue weighted by Crippen LogP contribution is -2.29. The number of fused-ring (bicyclic) bond motifs is 7. The zero-order valence-corrected chi connectivity index (χ0v) is 16.8. The van der Waals surface area contributed by atoms with E-state index in [1.165, 1.54) is 17.4 Å². The van der Waals surface area contributed by atoms with Gasteiger partial charge in [-0.2, -0.15) is 5.26 Å². The van der Waals surface area contributed by atoms with Gasteiger partial charge in [-0.15, -0.1) is 11.3 Å². The van der Waals surface area contributed by atoms with E-state index in [1.54, 1.807) is 30.2 Å². The Balaban J connectivity index is 1.74. The third-order valence-electron chi connectivity index (χ3n) is 5.48. The van der Waals surface area contributed by atoms with E-state index in [0.29, 0.717) is 29.2 Å². The average Bonchev–Trinajstić information content (AvgIpc) is 3.36. The first-order valence-corrected chi connectivity index (χ1v) is 10.3. The maximum atomic E-state index is 14.1. The van der Waals surface area contributed by atoms with Gasteiger partial charge in [-0.25, -0.2) is 19.3 Å². The number of nitrogens with zero attached hydrogens (tertiary/aromatic N) is 5. The van der Waals surface area contributed by atoms with Crippen LogP contribution in [0.1, 0.15) is 29.1 Å². The highest BCUT2D eigenvalue weighted by Crippen LogP contribution is 2.40. The highest BCUT2D eigenvalue weighted by atomic mass is 32.1. The molecule has 9 heteroatoms. The Bertz CT molecular complexity index is 1240. The fourth-order valence-electron chi connectivity index (χ4n) is 4.04. The summed E-state index contributed by atoms with van der Waals surface area (Å²) in [5.74, 6) is -0.104. The van der Waals surface area contributed by atoms with E-state index in [1.807, 2.05) is 17.6 Å². The van der Waals surface area contributed by atoms with E-state index in [-0.39, 0.29) is 29.6 Å². The predicted octanol–water partition coefficient (Wildman–Crippen LogP) is 3.81. The van der Waals surface area contributed by atoms with Crippen molar-refractivity contribution in [1.82, 2.24) is 19.5 Å². The molecule has 5 rings (SSSR count). The number of nitriles is 1. The molecule has 150 valence electrons. The molecule has 2 N–H and O–H groups in total. The summed E-state index contributed by atoms with van der Waals surface area (Å²) in [6, 6.07) is 3.90. The third-order valence-corrected chi connectivity index (χ3v) is 6.32. The first-order chi connectivity index (χ1) is 14.5. The average molecular weight is 420 g/mol. The second kappa shape index (κ2) is 7.07. The largest absolute Gasteiger partial charge is 0.486 e. The molecule has 0 saturated carbocycles. The lowest BCUT2D eigenvalue weighted by Gasteiger charge is -2.30. The van der Waals surface area contributed by atoms with Crippen molar-refractivity contribution < 1.29 is 9.13 Å². The number of imidazole rings is 1. The zero-order valence-electron chi connectivity index (χ0n) is 16.0. The Hall–Kier alpha value is -3.51. The first kappa shape index (κ1) is 18.5. The minimum Gasteiger partial charge on any atom is -0.486 e. The maximum Gasteiger partial charge on any atom is 0.166 e. The number of nitrogen functional groups attached to an aromatic ring is 1. The van der Waals surface area contributed by atoms with E-state index >= 15 is 0 Å². The first-order valence-electron chi connectivity index (χ1n) is 9.40. The number of aromatic nitrogens is 4. The third kappa shape index (κ3) is 2.97. The second-order valence-corrected chi connectivity index (χ2v) is 8.23. The summed E-state index contributed by atoms with van der Waals surface area (Å²) in [5, 5.41) is 9.57. The maximum absolute atomic E-state index is 14.1. The molecule has 2 bridgehead atoms. The van der Waals surface area contributed by atoms with Gasteiger partial charge in [0.1, 0.15) is 18.0 Å². The number of hydrogen-bond acceptors (Lipinski definition) is 7. The molecule has 0 fully saturated rings. The molecule has 30 heavy (non-hydrogen) atoms. The van der Waals surface area contributed by atoms with E-state index in [4.69, 9.17) is 10.5 Å². The van der Waals surface area contributed by atoms with Crippen LogP contribution < -0.4 is 10.5 Å². The van der Waals surface area contributed by atoms with Gasteiger partial charge in [0.2, 0.25) is 0 Å². The van der Waals surface area contributed by atoms with Gasteiger partial charge in [-0.1, -0.05) is 6.08 Å². The monoisotopic (exact) mass is 420 g/mol. The van der Waals surface area contributed by atoms with Crippen LogP contribution in [0, 0.1) is 17.2 Å². The van der Waals surface area contributed by atoms with Crippen LogP contribution in [-0.4, -0.2) is 25.6 Å². The van der Waals surface area contributed by atoms with Crippen LogP contribution in [0.2, 0.25) is 0 Å². The zero-order chi connectivity index (χ0) is 20.8. The molecule has 0 aromatic carbocycles. The molecule has 3 atom stereocenters. The number of pyridine rings is 1. The molecule has 0 spiro atoms. The molecule has 2 aliphatic rings. The van der Waals surface area contributed by atoms with E-state index in [9.17, 15) is 9.65 Å². The smallest absolute Gasteiger partial charge is 0.166 e. The summed E-state index contributed by atoms with van der Waals surface area (Å²) in [6.07, 6.45) is 7.73. The molecule has 3 aromatic rings. The predicted molar refractivity (Wildman–Crippen MR) is 110 cm³/mol. The van der Waals surface area contributed by atoms with E-state index < -0.39 is 0 Å². The lowest BCUT2D eigenvalue weighted by molar-refractivity contribution is 0.164. The number of allylic oxidation sites excluding steroid dienone is 3. The summed E-state index contributed by atoms with van der Waals surface area (Å²) in [7, 11) is 0. The summed E-state index contributed by atoms with van der Waals surface area (Å²) < 4.78 is 22.2. The van der Waals surface area contributed by atoms with Gasteiger partial charge < -0.3 is 15.0 Å². The van der Waals surface area contributed by atoms with Crippen LogP contribution in [0.25, 0.3) is 11.3 Å². The molecule has 7 nitrogen and oxygen atoms in total. The van der Waals surface area contributed by atoms with Gasteiger partial charge in [0.15, 0.2) is 17.3 Å². The van der Waals surface area contributed by atoms with Crippen LogP contribution in [-0.2, 0) is 6.54 Å². The van der Waals surface area contributed by atoms with Gasteiger partial charge in [0, 0.05) is 28.5 Å². The lowest BCUT2D eigenvalue weighted by atomic mass is 9.81. The number of rotatable bonds is 0. The Morgan fingerprint density at radius 2 is 2.23 bits per heavy atom. The number of halogens is 1. The number of ether oxygens (including phenoxy) is 1. The van der Waals surface area contributed by atoms with Gasteiger partial charge in [0.25, 0.3) is 0 Å². The Morgan fingerprint density at radius 1 is 1.37 bits per heavy atom. The summed E-state index contributed by atoms with van der Waals surface area (Å²) in [5.41, 5.74) is 10.3. The molecule has 0 saturated heterocycles. The van der Waals surface area contributed by atoms with E-state index in [2.05, 4.69) is 21.0 Å². The Kier molecular flexibility index (Phi) is 4.37. The van der Waals surface area contributed by atoms with E-state index in [0.717, 1.165) is 10.6 Å². The number of anilines is 1. The van der Waals surface area contributed by atoms with Crippen LogP contribution in [0.5, 0.6) is 5.75 Å². The summed E-state index contributed by atoms with van der Waals surface area (Å²) in [6.45, 7) is 2.37. The number of nitrogens with two attached hydrogens (primary N) is 1. The van der Waals surface area contributed by atoms with Crippen LogP contribution in [0.4, 0.5) is 10.2 Å². The van der Waals surface area contributed by atoms with Gasteiger partial charge in [-0.05, 0) is 25.1 Å². The molecule has 3 aromatic heterocycles. The minimum absolute atomic E-state index is 0.153. The van der Waals surface area contributed by atoms with Crippen molar-refractivity contribution in [2.75, 3.05) is 5.73 Å². The second-order valence-electron chi connectivity index (χ2n) is 7.29. The van der Waals surface area contributed by atoms with Crippen LogP contribution >= 0.6 is 11.3 Å². The fourth-order valence-corrected chi connectivity index (χ4v) is 4.85. The Labute approximate surface area is 176 Å². The highest BCUT2D eigenvalue weighted by Gasteiger charge is 2.33. The van der Waals surface area contributed by atoms with Gasteiger partial charge in [0.05, 0.1) is 29.8 Å². The van der Waals surface area contributed by atoms with Crippen molar-refractivity contribution in [3.63, 3.8) is 0 Å². The van der Waals surface area contributed by atoms with Crippen LogP contribution in [0.15, 0.2) is 48.2 Å². The van der Waals surface area contributed by atoms with Crippen molar-refractivity contribution in [2.24, 2.45) is 5.92 Å². The van der Waals surface area contributed by atoms with Crippen molar-refractivity contribution >= 4 is 17.2 Å². The van der Waals surface area contributed by atoms with Crippen molar-refractivity contribution in [3.05, 3.63) is 64.4 Å². The standard InChI is InChI=1S/C21H17FN6OS/c1-11-15-5-13(22)2-3-14(15)19-18(30-10-27-19)8-28-9-26-16(6-23)20(28)12-4-17(29-11)21(24)25-7-12/h2-5,7,9-11,14-15H,8H2,1H3,(H2,24,25)/t11-,14?,15?/m1/s1. The van der Waals surface area contributed by atoms with Gasteiger partial charge >= 0.3 is 0 Å². The molecule has 4 heterocycles. The SMILES string of the molecule is C[C@H]1Oc2cc(cnc2N)-c2c(C#N)ncn2Cc2scnc2C2C=CC(F)=CC21. The molecule has 1 aliphatic heterocycles. The van der Waals surface area contributed by atoms with Gasteiger partial charge in [-0.3, -0.25) is 0 Å². The minimum atomic E-state index is -0.389. The highest BCUT2D eigenvalue weighted by molar-refractivity contribution is 7.09. The summed E-state index contributed by atoms with van der Waals surface area (Å²) >= 11 is 1.52. The molecule has 0 amide bonds. The van der Waals surface area contributed by atoms with Crippen LogP contribution in [0.3, 0.4) is 0 Å². The van der Waals surface area contributed by atoms with Crippen molar-refractivity contribution in [3.8, 4) is 23.1 Å². The number of hydrogen-bond donors (Lipinski definition) is 1. The van der Waals surface area contributed by atoms with Crippen molar-refractivity contribution in [1.29, 1.82) is 5.26 Å². The molecular formula is C21H17FN6OS. The summed E-state index contributed by atoms with van der Waals surface area (Å²) in [4.78, 5) is 14.1. The molecule has 1 aliphatic carbocycles. The van der Waals surface area contributed by atoms with Crippen molar-refractivity contribution in [2.45, 2.75) is 25.5 Å². The number of thiazole rings is 1. The molecular weight excluding hydrogens is 403 g/mol. The molecule has 2 unspecified atom stereocenters. The topological polar surface area (TPSA) is 103 Å². The fraction of sp³-hybridized carbons (Fsp3) is 0.238. The Morgan fingerprint density at radius 3 is 3.07 bits per heavy atom. The normalized spacial score (nSPS) is 22.3. The molecule has 0 radical (unpaired) electrons.